The van der Waals surface area contributed by atoms with Gasteiger partial charge in [-0.15, -0.1) is 11.6 Å². The second-order valence-electron chi connectivity index (χ2n) is 5.95. The first-order valence-electron chi connectivity index (χ1n) is 7.77. The third-order valence-corrected chi connectivity index (χ3v) is 6.56. The van der Waals surface area contributed by atoms with Crippen molar-refractivity contribution in [3.05, 3.63) is 0 Å². The predicted molar refractivity (Wildman–Crippen MR) is 86.1 cm³/mol. The van der Waals surface area contributed by atoms with Crippen LogP contribution < -0.4 is 0 Å². The average Bonchev–Trinajstić information content (AvgIpc) is 2.34. The van der Waals surface area contributed by atoms with Gasteiger partial charge in [0, 0.05) is 11.5 Å². The molecule has 3 heteroatoms. The van der Waals surface area contributed by atoms with Crippen LogP contribution in [0.2, 0.25) is 19.1 Å². The maximum absolute atomic E-state index is 6.41. The molecule has 0 bridgehead atoms. The topological polar surface area (TPSA) is 9.23 Å². The van der Waals surface area contributed by atoms with Gasteiger partial charge in [-0.3, -0.25) is 0 Å². The molecule has 0 saturated heterocycles. The quantitative estimate of drug-likeness (QED) is 0.259. The van der Waals surface area contributed by atoms with Crippen LogP contribution in [0.15, 0.2) is 0 Å². The lowest BCUT2D eigenvalue weighted by atomic mass is 10.1. The van der Waals surface area contributed by atoms with Crippen molar-refractivity contribution in [3.8, 4) is 0 Å². The SMILES string of the molecule is CCCCCC(CC)O[Si](C)(C)CCC(Cl)CC. The molecule has 0 aliphatic carbocycles. The highest BCUT2D eigenvalue weighted by molar-refractivity contribution is 6.71. The van der Waals surface area contributed by atoms with Gasteiger partial charge in [0.1, 0.15) is 0 Å². The molecule has 0 heterocycles. The molecule has 0 aliphatic rings. The molecule has 0 aromatic rings. The first kappa shape index (κ1) is 18.5. The van der Waals surface area contributed by atoms with E-state index in [0.717, 1.165) is 19.3 Å². The van der Waals surface area contributed by atoms with Gasteiger partial charge in [0.05, 0.1) is 0 Å². The first-order chi connectivity index (χ1) is 8.45. The van der Waals surface area contributed by atoms with Gasteiger partial charge >= 0.3 is 0 Å². The highest BCUT2D eigenvalue weighted by Crippen LogP contribution is 2.23. The van der Waals surface area contributed by atoms with Crippen molar-refractivity contribution in [2.45, 2.75) is 96.3 Å². The summed E-state index contributed by atoms with van der Waals surface area (Å²) in [4.78, 5) is 0. The smallest absolute Gasteiger partial charge is 0.187 e. The lowest BCUT2D eigenvalue weighted by Gasteiger charge is -2.29. The van der Waals surface area contributed by atoms with E-state index in [9.17, 15) is 0 Å². The van der Waals surface area contributed by atoms with E-state index in [1.54, 1.807) is 0 Å². The molecule has 18 heavy (non-hydrogen) atoms. The van der Waals surface area contributed by atoms with Gasteiger partial charge in [-0.05, 0) is 44.8 Å². The van der Waals surface area contributed by atoms with E-state index < -0.39 is 8.32 Å². The Hall–Kier alpha value is 0.467. The molecule has 0 saturated carbocycles. The summed E-state index contributed by atoms with van der Waals surface area (Å²) in [6.07, 6.45) is 8.99. The third-order valence-electron chi connectivity index (χ3n) is 3.57. The molecular weight excluding hydrogens is 260 g/mol. The zero-order valence-electron chi connectivity index (χ0n) is 13.1. The Morgan fingerprint density at radius 1 is 1.00 bits per heavy atom. The predicted octanol–water partition coefficient (Wildman–Crippen LogP) is 5.97. The fourth-order valence-corrected chi connectivity index (χ4v) is 4.83. The van der Waals surface area contributed by atoms with Crippen LogP contribution in [0.1, 0.15) is 65.7 Å². The summed E-state index contributed by atoms with van der Waals surface area (Å²) in [5.41, 5.74) is 0. The molecule has 0 aromatic carbocycles. The monoisotopic (exact) mass is 292 g/mol. The summed E-state index contributed by atoms with van der Waals surface area (Å²) in [5, 5.41) is 0.334. The molecule has 0 fully saturated rings. The molecule has 2 unspecified atom stereocenters. The second-order valence-corrected chi connectivity index (χ2v) is 10.8. The molecule has 110 valence electrons. The van der Waals surface area contributed by atoms with Gasteiger partial charge < -0.3 is 4.43 Å². The van der Waals surface area contributed by atoms with E-state index in [1.807, 2.05) is 0 Å². The van der Waals surface area contributed by atoms with Crippen molar-refractivity contribution in [2.75, 3.05) is 0 Å². The number of unbranched alkanes of at least 4 members (excludes halogenated alkanes) is 2. The molecule has 0 radical (unpaired) electrons. The van der Waals surface area contributed by atoms with Gasteiger partial charge in [0.15, 0.2) is 8.32 Å². The number of alkyl halides is 1. The zero-order chi connectivity index (χ0) is 14.0. The number of hydrogen-bond donors (Lipinski definition) is 0. The van der Waals surface area contributed by atoms with Crippen molar-refractivity contribution < 1.29 is 4.43 Å². The maximum atomic E-state index is 6.41. The standard InChI is InChI=1S/C15H33ClOSi/c1-6-9-10-11-15(8-3)17-18(4,5)13-12-14(16)7-2/h14-15H,6-13H2,1-5H3. The Kier molecular flexibility index (Phi) is 10.5. The van der Waals surface area contributed by atoms with Gasteiger partial charge in [0.2, 0.25) is 0 Å². The van der Waals surface area contributed by atoms with Crippen molar-refractivity contribution in [3.63, 3.8) is 0 Å². The Morgan fingerprint density at radius 2 is 1.67 bits per heavy atom. The van der Waals surface area contributed by atoms with Crippen LogP contribution in [0.5, 0.6) is 0 Å². The van der Waals surface area contributed by atoms with Crippen molar-refractivity contribution in [2.24, 2.45) is 0 Å². The molecule has 1 nitrogen and oxygen atoms in total. The van der Waals surface area contributed by atoms with E-state index in [1.165, 1.54) is 31.7 Å². The van der Waals surface area contributed by atoms with E-state index in [0.29, 0.717) is 11.5 Å². The van der Waals surface area contributed by atoms with Crippen molar-refractivity contribution >= 4 is 19.9 Å². The van der Waals surface area contributed by atoms with E-state index in [-0.39, 0.29) is 0 Å². The largest absolute Gasteiger partial charge is 0.414 e. The normalized spacial score (nSPS) is 15.7. The van der Waals surface area contributed by atoms with Crippen molar-refractivity contribution in [1.29, 1.82) is 0 Å². The minimum atomic E-state index is -1.51. The molecule has 2 atom stereocenters. The van der Waals surface area contributed by atoms with E-state index in [2.05, 4.69) is 33.9 Å². The molecule has 0 amide bonds. The van der Waals surface area contributed by atoms with Crippen LogP contribution in [0, 0.1) is 0 Å². The fourth-order valence-electron chi connectivity index (χ4n) is 2.19. The van der Waals surface area contributed by atoms with Crippen LogP contribution in [0.3, 0.4) is 0 Å². The van der Waals surface area contributed by atoms with Gasteiger partial charge in [0.25, 0.3) is 0 Å². The lowest BCUT2D eigenvalue weighted by molar-refractivity contribution is 0.172. The summed E-state index contributed by atoms with van der Waals surface area (Å²) in [6.45, 7) is 11.3. The highest BCUT2D eigenvalue weighted by Gasteiger charge is 2.26. The second kappa shape index (κ2) is 10.3. The van der Waals surface area contributed by atoms with Gasteiger partial charge in [-0.1, -0.05) is 40.0 Å². The Morgan fingerprint density at radius 3 is 2.17 bits per heavy atom. The van der Waals surface area contributed by atoms with Crippen molar-refractivity contribution in [1.82, 2.24) is 0 Å². The van der Waals surface area contributed by atoms with Gasteiger partial charge in [-0.2, -0.15) is 0 Å². The van der Waals surface area contributed by atoms with Crippen LogP contribution in [-0.2, 0) is 4.43 Å². The Labute approximate surface area is 121 Å². The summed E-state index contributed by atoms with van der Waals surface area (Å²) in [7, 11) is -1.51. The zero-order valence-corrected chi connectivity index (χ0v) is 14.9. The summed E-state index contributed by atoms with van der Waals surface area (Å²) >= 11 is 6.21. The van der Waals surface area contributed by atoms with Crippen LogP contribution in [0.4, 0.5) is 0 Å². The maximum Gasteiger partial charge on any atom is 0.187 e. The van der Waals surface area contributed by atoms with E-state index in [4.69, 9.17) is 16.0 Å². The molecule has 0 rings (SSSR count). The van der Waals surface area contributed by atoms with Crippen LogP contribution >= 0.6 is 11.6 Å². The minimum absolute atomic E-state index is 0.334. The fraction of sp³-hybridized carbons (Fsp3) is 1.00. The van der Waals surface area contributed by atoms with E-state index >= 15 is 0 Å². The number of rotatable bonds is 11. The first-order valence-corrected chi connectivity index (χ1v) is 11.3. The molecule has 0 aromatic heterocycles. The molecule has 0 aliphatic heterocycles. The number of hydrogen-bond acceptors (Lipinski definition) is 1. The summed E-state index contributed by atoms with van der Waals surface area (Å²) in [5.74, 6) is 0. The minimum Gasteiger partial charge on any atom is -0.414 e. The number of halogens is 1. The lowest BCUT2D eigenvalue weighted by Crippen LogP contribution is -2.35. The average molecular weight is 293 g/mol. The summed E-state index contributed by atoms with van der Waals surface area (Å²) in [6, 6.07) is 1.19. The molecular formula is C15H33ClOSi. The van der Waals surface area contributed by atoms with Crippen LogP contribution in [0.25, 0.3) is 0 Å². The Bertz CT molecular complexity index is 197. The molecule has 0 N–H and O–H groups in total. The highest BCUT2D eigenvalue weighted by atomic mass is 35.5. The summed E-state index contributed by atoms with van der Waals surface area (Å²) < 4.78 is 6.41. The Balaban J connectivity index is 4.00. The van der Waals surface area contributed by atoms with Crippen LogP contribution in [-0.4, -0.2) is 19.8 Å². The third kappa shape index (κ3) is 9.40. The molecule has 0 spiro atoms. The van der Waals surface area contributed by atoms with Gasteiger partial charge in [-0.25, -0.2) is 0 Å².